The van der Waals surface area contributed by atoms with Crippen molar-refractivity contribution in [2.24, 2.45) is 7.05 Å². The number of nitriles is 1. The molecule has 6 aromatic rings. The molecule has 0 unspecified atom stereocenters. The van der Waals surface area contributed by atoms with Gasteiger partial charge in [0.15, 0.2) is 5.65 Å². The van der Waals surface area contributed by atoms with E-state index in [0.29, 0.717) is 40.8 Å². The number of benzene rings is 1. The Kier molecular flexibility index (Phi) is 8.21. The minimum Gasteiger partial charge on any atom is -0.351 e. The summed E-state index contributed by atoms with van der Waals surface area (Å²) >= 11 is 0. The summed E-state index contributed by atoms with van der Waals surface area (Å²) in [6.45, 7) is 0.419. The number of nitrogens with zero attached hydrogens (tertiary/aromatic N) is 9. The molecule has 0 aliphatic heterocycles. The average molecular weight is 625 g/mol. The zero-order valence-electron chi connectivity index (χ0n) is 25.7. The number of hydrogen-bond donors (Lipinski definition) is 3. The van der Waals surface area contributed by atoms with E-state index in [-0.39, 0.29) is 18.1 Å². The summed E-state index contributed by atoms with van der Waals surface area (Å²) in [6.07, 6.45) is 13.5. The van der Waals surface area contributed by atoms with Crippen LogP contribution in [-0.2, 0) is 13.6 Å². The van der Waals surface area contributed by atoms with Gasteiger partial charge in [-0.15, -0.1) is 0 Å². The Morgan fingerprint density at radius 1 is 0.979 bits per heavy atom. The molecule has 0 saturated heterocycles. The van der Waals surface area contributed by atoms with Crippen LogP contribution in [0, 0.1) is 11.3 Å². The fourth-order valence-electron chi connectivity index (χ4n) is 5.97. The number of aromatic amines is 1. The second kappa shape index (κ2) is 13.1. The van der Waals surface area contributed by atoms with Gasteiger partial charge in [-0.3, -0.25) is 14.7 Å². The summed E-state index contributed by atoms with van der Waals surface area (Å²) in [7, 11) is 1.88. The molecule has 1 aliphatic rings. The highest BCUT2D eigenvalue weighted by Gasteiger charge is 2.31. The van der Waals surface area contributed by atoms with Gasteiger partial charge in [-0.1, -0.05) is 30.3 Å². The first-order valence-corrected chi connectivity index (χ1v) is 15.4. The lowest BCUT2D eigenvalue weighted by Gasteiger charge is -2.36. The maximum absolute atomic E-state index is 13.7. The molecule has 13 nitrogen and oxygen atoms in total. The number of nitrogens with one attached hydrogen (secondary N) is 3. The number of H-pyrrole nitrogens is 1. The SMILES string of the molecule is Cn1cc(-c2ccc(N(C(=O)NCc3ccccc3)C3CCC(Nc4ncc(C#N)c(-c5cnc6[nH]ncc6c5)n4)CC3)nc2)cn1. The van der Waals surface area contributed by atoms with Crippen LogP contribution in [0.25, 0.3) is 33.4 Å². The highest BCUT2D eigenvalue weighted by Crippen LogP contribution is 2.30. The molecule has 1 aliphatic carbocycles. The van der Waals surface area contributed by atoms with Gasteiger partial charge in [0.05, 0.1) is 29.8 Å². The molecular formula is C34H32N12O. The smallest absolute Gasteiger partial charge is 0.323 e. The van der Waals surface area contributed by atoms with Gasteiger partial charge in [0.2, 0.25) is 5.95 Å². The molecule has 234 valence electrons. The van der Waals surface area contributed by atoms with Crippen molar-refractivity contribution < 1.29 is 4.79 Å². The number of amides is 2. The van der Waals surface area contributed by atoms with E-state index in [1.54, 1.807) is 34.4 Å². The zero-order chi connectivity index (χ0) is 32.2. The summed E-state index contributed by atoms with van der Waals surface area (Å²) in [5.74, 6) is 1.04. The van der Waals surface area contributed by atoms with Gasteiger partial charge >= 0.3 is 6.03 Å². The molecule has 3 N–H and O–H groups in total. The number of carbonyl (C=O) groups excluding carboxylic acids is 1. The van der Waals surface area contributed by atoms with E-state index in [1.165, 1.54) is 6.20 Å². The molecule has 0 bridgehead atoms. The fraction of sp³-hybridized carbons (Fsp3) is 0.235. The zero-order valence-corrected chi connectivity index (χ0v) is 25.7. The maximum atomic E-state index is 13.7. The second-order valence-corrected chi connectivity index (χ2v) is 11.6. The van der Waals surface area contributed by atoms with Crippen LogP contribution in [0.1, 0.15) is 36.8 Å². The van der Waals surface area contributed by atoms with E-state index in [0.717, 1.165) is 47.8 Å². The van der Waals surface area contributed by atoms with Gasteiger partial charge in [-0.05, 0) is 49.4 Å². The van der Waals surface area contributed by atoms with E-state index in [2.05, 4.69) is 42.0 Å². The standard InChI is InChI=1S/C34H32N12O/c1-45-21-27(20-41-45)23-7-12-30(36-16-23)46(34(47)39-15-22-5-3-2-4-6-22)29-10-8-28(9-11-29)42-33-38-18-26(14-35)31(43-33)24-13-25-19-40-44-32(25)37-17-24/h2-7,12-13,16-21,28-29H,8-11,15H2,1H3,(H,39,47)(H,37,40,44)(H,38,42,43). The van der Waals surface area contributed by atoms with Gasteiger partial charge in [-0.25, -0.2) is 24.7 Å². The highest BCUT2D eigenvalue weighted by molar-refractivity contribution is 5.91. The van der Waals surface area contributed by atoms with Crippen LogP contribution in [-0.4, -0.2) is 58.0 Å². The normalized spacial score (nSPS) is 16.0. The summed E-state index contributed by atoms with van der Waals surface area (Å²) in [5, 5.41) is 28.2. The molecule has 5 heterocycles. The van der Waals surface area contributed by atoms with E-state index in [1.807, 2.05) is 61.8 Å². The summed E-state index contributed by atoms with van der Waals surface area (Å²) in [6, 6.07) is 17.7. The van der Waals surface area contributed by atoms with Crippen LogP contribution in [0.3, 0.4) is 0 Å². The summed E-state index contributed by atoms with van der Waals surface area (Å²) in [4.78, 5) is 33.8. The predicted octanol–water partition coefficient (Wildman–Crippen LogP) is 5.22. The van der Waals surface area contributed by atoms with Crippen LogP contribution in [0.4, 0.5) is 16.6 Å². The third-order valence-corrected chi connectivity index (χ3v) is 8.41. The highest BCUT2D eigenvalue weighted by atomic mass is 16.2. The molecule has 2 amide bonds. The van der Waals surface area contributed by atoms with Crippen molar-refractivity contribution in [3.05, 3.63) is 96.8 Å². The molecule has 7 rings (SSSR count). The number of pyridine rings is 2. The van der Waals surface area contributed by atoms with Crippen LogP contribution in [0.2, 0.25) is 0 Å². The van der Waals surface area contributed by atoms with Crippen molar-refractivity contribution in [1.82, 2.24) is 45.2 Å². The Bertz CT molecular complexity index is 2040. The van der Waals surface area contributed by atoms with Gasteiger partial charge in [0.1, 0.15) is 11.9 Å². The first-order valence-electron chi connectivity index (χ1n) is 15.4. The largest absolute Gasteiger partial charge is 0.351 e. The predicted molar refractivity (Wildman–Crippen MR) is 177 cm³/mol. The molecule has 0 radical (unpaired) electrons. The molecule has 1 fully saturated rings. The van der Waals surface area contributed by atoms with E-state index in [4.69, 9.17) is 9.97 Å². The quantitative estimate of drug-likeness (QED) is 0.206. The molecule has 13 heteroatoms. The van der Waals surface area contributed by atoms with Crippen molar-refractivity contribution >= 4 is 28.8 Å². The molecule has 5 aromatic heterocycles. The minimum absolute atomic E-state index is 0.0502. The first kappa shape index (κ1) is 29.5. The molecule has 0 spiro atoms. The number of fused-ring (bicyclic) bond motifs is 1. The first-order chi connectivity index (χ1) is 23.0. The lowest BCUT2D eigenvalue weighted by Crippen LogP contribution is -2.49. The van der Waals surface area contributed by atoms with Crippen molar-refractivity contribution in [1.29, 1.82) is 5.26 Å². The van der Waals surface area contributed by atoms with Crippen molar-refractivity contribution in [3.8, 4) is 28.5 Å². The topological polar surface area (TPSA) is 166 Å². The number of aryl methyl sites for hydroxylation is 1. The number of rotatable bonds is 8. The van der Waals surface area contributed by atoms with Crippen LogP contribution >= 0.6 is 0 Å². The Labute approximate surface area is 270 Å². The second-order valence-electron chi connectivity index (χ2n) is 11.6. The van der Waals surface area contributed by atoms with Crippen LogP contribution in [0.5, 0.6) is 0 Å². The Balaban J connectivity index is 1.07. The van der Waals surface area contributed by atoms with E-state index >= 15 is 0 Å². The number of carbonyl (C=O) groups is 1. The Hall–Kier alpha value is -6.16. The van der Waals surface area contributed by atoms with Crippen molar-refractivity contribution in [2.75, 3.05) is 10.2 Å². The number of aromatic nitrogens is 8. The molecule has 1 aromatic carbocycles. The summed E-state index contributed by atoms with van der Waals surface area (Å²) in [5.41, 5.74) is 5.17. The Morgan fingerprint density at radius 3 is 2.55 bits per heavy atom. The van der Waals surface area contributed by atoms with Gasteiger partial charge in [0, 0.05) is 66.3 Å². The molecule has 47 heavy (non-hydrogen) atoms. The lowest BCUT2D eigenvalue weighted by molar-refractivity contribution is 0.240. The molecule has 0 atom stereocenters. The van der Waals surface area contributed by atoms with Crippen molar-refractivity contribution in [3.63, 3.8) is 0 Å². The Morgan fingerprint density at radius 2 is 1.81 bits per heavy atom. The molecule has 1 saturated carbocycles. The summed E-state index contributed by atoms with van der Waals surface area (Å²) < 4.78 is 1.75. The minimum atomic E-state index is -0.185. The van der Waals surface area contributed by atoms with E-state index in [9.17, 15) is 10.1 Å². The lowest BCUT2D eigenvalue weighted by atomic mass is 9.90. The number of anilines is 2. The van der Waals surface area contributed by atoms with E-state index < -0.39 is 0 Å². The van der Waals surface area contributed by atoms with Gasteiger partial charge in [-0.2, -0.15) is 15.5 Å². The van der Waals surface area contributed by atoms with Gasteiger partial charge in [0.25, 0.3) is 0 Å². The maximum Gasteiger partial charge on any atom is 0.323 e. The van der Waals surface area contributed by atoms with Crippen LogP contribution in [0.15, 0.2) is 85.7 Å². The third kappa shape index (κ3) is 6.48. The van der Waals surface area contributed by atoms with Crippen LogP contribution < -0.4 is 15.5 Å². The monoisotopic (exact) mass is 624 g/mol. The molecular weight excluding hydrogens is 592 g/mol. The number of hydrogen-bond acceptors (Lipinski definition) is 9. The number of urea groups is 1. The van der Waals surface area contributed by atoms with Crippen molar-refractivity contribution in [2.45, 2.75) is 44.3 Å². The van der Waals surface area contributed by atoms with Gasteiger partial charge < -0.3 is 10.6 Å². The average Bonchev–Trinajstić information content (AvgIpc) is 3.77. The third-order valence-electron chi connectivity index (χ3n) is 8.41. The fourth-order valence-corrected chi connectivity index (χ4v) is 5.97.